The van der Waals surface area contributed by atoms with E-state index in [9.17, 15) is 0 Å². The van der Waals surface area contributed by atoms with Gasteiger partial charge in [0.1, 0.15) is 12.4 Å². The fourth-order valence-corrected chi connectivity index (χ4v) is 5.19. The molecule has 2 unspecified atom stereocenters. The summed E-state index contributed by atoms with van der Waals surface area (Å²) in [6, 6.07) is 0.624. The predicted molar refractivity (Wildman–Crippen MR) is 142 cm³/mol. The van der Waals surface area contributed by atoms with Crippen LogP contribution in [0.4, 0.5) is 0 Å². The van der Waals surface area contributed by atoms with Crippen molar-refractivity contribution in [2.45, 2.75) is 174 Å². The topological polar surface area (TPSA) is 19.7 Å². The Hall–Kier alpha value is -0.790. The summed E-state index contributed by atoms with van der Waals surface area (Å²) in [5, 5.41) is 0. The smallest absolute Gasteiger partial charge is 0.247 e. The number of aromatic nitrogens is 2. The highest BCUT2D eigenvalue weighted by atomic mass is 15.1. The van der Waals surface area contributed by atoms with Crippen LogP contribution in [-0.4, -0.2) is 4.98 Å². The molecule has 2 heteroatoms. The number of hydrogen-bond donors (Lipinski definition) is 1. The molecule has 2 nitrogen and oxygen atoms in total. The summed E-state index contributed by atoms with van der Waals surface area (Å²) in [7, 11) is 0. The first-order chi connectivity index (χ1) is 15.7. The molecule has 0 bridgehead atoms. The molecule has 1 aromatic heterocycles. The molecule has 0 amide bonds. The Morgan fingerprint density at radius 1 is 0.594 bits per heavy atom. The van der Waals surface area contributed by atoms with Gasteiger partial charge in [-0.05, 0) is 32.6 Å². The van der Waals surface area contributed by atoms with E-state index in [0.29, 0.717) is 12.0 Å². The van der Waals surface area contributed by atoms with Crippen LogP contribution in [0.25, 0.3) is 0 Å². The minimum Gasteiger partial charge on any atom is -0.247 e. The Morgan fingerprint density at radius 3 is 1.53 bits per heavy atom. The molecular weight excluding hydrogens is 388 g/mol. The molecule has 2 atom stereocenters. The standard InChI is InChI=1S/C30H58N2/c1-5-8-11-13-14-15-16-17-19-22-25-29(24-20-10-7-3)30-31-26-27-32(30)28(4)23-21-18-12-9-6-2/h26-29H,5-25H2,1-4H3/p+1. The fourth-order valence-electron chi connectivity index (χ4n) is 5.19. The van der Waals surface area contributed by atoms with Gasteiger partial charge in [-0.25, -0.2) is 9.55 Å². The first-order valence-electron chi connectivity index (χ1n) is 14.8. The van der Waals surface area contributed by atoms with E-state index in [2.05, 4.69) is 49.6 Å². The van der Waals surface area contributed by atoms with Crippen molar-refractivity contribution in [1.82, 2.24) is 4.98 Å². The SMILES string of the molecule is CCCCCCCCCCCCC(CCCCC)c1[nH]cc[n+]1C(C)CCCCCCC. The summed E-state index contributed by atoms with van der Waals surface area (Å²) in [4.78, 5) is 3.67. The van der Waals surface area contributed by atoms with Gasteiger partial charge in [0.25, 0.3) is 5.82 Å². The van der Waals surface area contributed by atoms with Crippen molar-refractivity contribution in [3.05, 3.63) is 18.2 Å². The molecule has 0 saturated heterocycles. The number of hydrogen-bond acceptors (Lipinski definition) is 0. The van der Waals surface area contributed by atoms with Gasteiger partial charge >= 0.3 is 0 Å². The molecule has 0 aliphatic rings. The van der Waals surface area contributed by atoms with Crippen LogP contribution in [0.5, 0.6) is 0 Å². The van der Waals surface area contributed by atoms with E-state index < -0.39 is 0 Å². The Balaban J connectivity index is 2.42. The maximum Gasteiger partial charge on any atom is 0.257 e. The molecule has 0 aromatic carbocycles. The third-order valence-corrected chi connectivity index (χ3v) is 7.39. The van der Waals surface area contributed by atoms with Gasteiger partial charge in [-0.3, -0.25) is 0 Å². The maximum atomic E-state index is 3.67. The van der Waals surface area contributed by atoms with E-state index in [1.165, 1.54) is 141 Å². The van der Waals surface area contributed by atoms with E-state index in [1.54, 1.807) is 0 Å². The highest BCUT2D eigenvalue weighted by Gasteiger charge is 2.25. The second kappa shape index (κ2) is 20.8. The fraction of sp³-hybridized carbons (Fsp3) is 0.900. The maximum absolute atomic E-state index is 3.67. The first kappa shape index (κ1) is 29.2. The molecular formula is C30H59N2+. The third kappa shape index (κ3) is 13.7. The Morgan fingerprint density at radius 2 is 1.00 bits per heavy atom. The number of aromatic amines is 1. The molecule has 1 N–H and O–H groups in total. The van der Waals surface area contributed by atoms with Crippen molar-refractivity contribution in [3.8, 4) is 0 Å². The van der Waals surface area contributed by atoms with E-state index in [1.807, 2.05) is 0 Å². The van der Waals surface area contributed by atoms with Crippen molar-refractivity contribution in [2.75, 3.05) is 0 Å². The molecule has 1 aromatic rings. The van der Waals surface area contributed by atoms with Crippen molar-refractivity contribution in [1.29, 1.82) is 0 Å². The highest BCUT2D eigenvalue weighted by Crippen LogP contribution is 2.27. The molecule has 1 heterocycles. The van der Waals surface area contributed by atoms with Crippen LogP contribution in [0.2, 0.25) is 0 Å². The van der Waals surface area contributed by atoms with Crippen LogP contribution < -0.4 is 4.57 Å². The number of nitrogens with zero attached hydrogens (tertiary/aromatic N) is 1. The van der Waals surface area contributed by atoms with Gasteiger partial charge < -0.3 is 0 Å². The largest absolute Gasteiger partial charge is 0.257 e. The van der Waals surface area contributed by atoms with Gasteiger partial charge in [0, 0.05) is 0 Å². The Bertz CT molecular complexity index is 507. The number of rotatable bonds is 23. The quantitative estimate of drug-likeness (QED) is 0.127. The zero-order chi connectivity index (χ0) is 23.3. The van der Waals surface area contributed by atoms with Crippen molar-refractivity contribution in [2.24, 2.45) is 0 Å². The third-order valence-electron chi connectivity index (χ3n) is 7.39. The summed E-state index contributed by atoms with van der Waals surface area (Å²) in [6.45, 7) is 9.37. The van der Waals surface area contributed by atoms with Crippen LogP contribution in [0, 0.1) is 0 Å². The number of H-pyrrole nitrogens is 1. The van der Waals surface area contributed by atoms with E-state index >= 15 is 0 Å². The molecule has 32 heavy (non-hydrogen) atoms. The lowest BCUT2D eigenvalue weighted by atomic mass is 9.93. The minimum absolute atomic E-state index is 0.624. The van der Waals surface area contributed by atoms with Crippen LogP contribution in [-0.2, 0) is 0 Å². The van der Waals surface area contributed by atoms with Gasteiger partial charge in [0.15, 0.2) is 0 Å². The average molecular weight is 448 g/mol. The van der Waals surface area contributed by atoms with Crippen LogP contribution in [0.1, 0.15) is 180 Å². The highest BCUT2D eigenvalue weighted by molar-refractivity contribution is 4.90. The summed E-state index contributed by atoms with van der Waals surface area (Å²) in [6.07, 6.45) is 33.9. The molecule has 0 saturated carbocycles. The second-order valence-corrected chi connectivity index (χ2v) is 10.5. The Labute approximate surface area is 202 Å². The second-order valence-electron chi connectivity index (χ2n) is 10.5. The molecule has 0 aliphatic carbocycles. The normalized spacial score (nSPS) is 13.5. The lowest BCUT2D eigenvalue weighted by molar-refractivity contribution is -0.727. The monoisotopic (exact) mass is 447 g/mol. The minimum atomic E-state index is 0.624. The van der Waals surface area contributed by atoms with Crippen molar-refractivity contribution >= 4 is 0 Å². The van der Waals surface area contributed by atoms with Crippen LogP contribution >= 0.6 is 0 Å². The number of unbranched alkanes of at least 4 members (excludes halogenated alkanes) is 15. The van der Waals surface area contributed by atoms with Crippen molar-refractivity contribution in [3.63, 3.8) is 0 Å². The summed E-state index contributed by atoms with van der Waals surface area (Å²) >= 11 is 0. The summed E-state index contributed by atoms with van der Waals surface area (Å²) in [5.41, 5.74) is 0. The zero-order valence-corrected chi connectivity index (χ0v) is 22.6. The van der Waals surface area contributed by atoms with Crippen LogP contribution in [0.15, 0.2) is 12.4 Å². The zero-order valence-electron chi connectivity index (χ0n) is 22.6. The Kier molecular flexibility index (Phi) is 19.0. The van der Waals surface area contributed by atoms with E-state index in [0.717, 1.165) is 0 Å². The molecule has 0 spiro atoms. The summed E-state index contributed by atoms with van der Waals surface area (Å²) in [5.74, 6) is 2.23. The molecule has 0 aliphatic heterocycles. The van der Waals surface area contributed by atoms with Gasteiger partial charge in [-0.1, -0.05) is 130 Å². The first-order valence-corrected chi connectivity index (χ1v) is 14.8. The van der Waals surface area contributed by atoms with Crippen molar-refractivity contribution < 1.29 is 4.57 Å². The van der Waals surface area contributed by atoms with E-state index in [4.69, 9.17) is 0 Å². The van der Waals surface area contributed by atoms with Gasteiger partial charge in [0.2, 0.25) is 0 Å². The molecule has 0 radical (unpaired) electrons. The lowest BCUT2D eigenvalue weighted by Crippen LogP contribution is -2.41. The predicted octanol–water partition coefficient (Wildman–Crippen LogP) is 10.2. The van der Waals surface area contributed by atoms with Crippen LogP contribution in [0.3, 0.4) is 0 Å². The summed E-state index contributed by atoms with van der Waals surface area (Å²) < 4.78 is 2.59. The lowest BCUT2D eigenvalue weighted by Gasteiger charge is -2.17. The average Bonchev–Trinajstić information content (AvgIpc) is 3.29. The molecule has 0 fully saturated rings. The van der Waals surface area contributed by atoms with Gasteiger partial charge in [-0.15, -0.1) is 0 Å². The molecule has 1 rings (SSSR count). The number of imidazole rings is 1. The molecule has 188 valence electrons. The van der Waals surface area contributed by atoms with Gasteiger partial charge in [0.05, 0.1) is 12.0 Å². The van der Waals surface area contributed by atoms with Gasteiger partial charge in [-0.2, -0.15) is 0 Å². The number of nitrogens with one attached hydrogen (secondary N) is 1. The van der Waals surface area contributed by atoms with E-state index in [-0.39, 0.29) is 0 Å².